The van der Waals surface area contributed by atoms with Crippen molar-refractivity contribution < 1.29 is 18.0 Å². The number of urea groups is 1. The first kappa shape index (κ1) is 14.9. The van der Waals surface area contributed by atoms with Crippen molar-refractivity contribution in [2.75, 3.05) is 5.32 Å². The van der Waals surface area contributed by atoms with Crippen LogP contribution in [0.25, 0.3) is 0 Å². The van der Waals surface area contributed by atoms with Crippen molar-refractivity contribution in [3.05, 3.63) is 47.8 Å². The molecule has 0 spiro atoms. The Bertz CT molecular complexity index is 593. The number of anilines is 1. The van der Waals surface area contributed by atoms with Crippen molar-refractivity contribution in [2.45, 2.75) is 19.1 Å². The number of nitrogens with one attached hydrogen (secondary N) is 3. The van der Waals surface area contributed by atoms with Crippen LogP contribution in [0.3, 0.4) is 0 Å². The normalized spacial score (nSPS) is 12.8. The summed E-state index contributed by atoms with van der Waals surface area (Å²) in [5, 5.41) is 11.5. The second kappa shape index (κ2) is 5.86. The number of aromatic nitrogens is 2. The Morgan fingerprint density at radius 3 is 2.48 bits per heavy atom. The molecule has 1 atom stereocenters. The number of hydrogen-bond donors (Lipinski definition) is 3. The van der Waals surface area contributed by atoms with Gasteiger partial charge in [0.05, 0.1) is 17.8 Å². The summed E-state index contributed by atoms with van der Waals surface area (Å²) in [5.41, 5.74) is 0.303. The molecule has 0 saturated carbocycles. The second-order valence-electron chi connectivity index (χ2n) is 4.43. The minimum Gasteiger partial charge on any atom is -0.331 e. The van der Waals surface area contributed by atoms with E-state index in [9.17, 15) is 18.0 Å². The van der Waals surface area contributed by atoms with E-state index >= 15 is 0 Å². The lowest BCUT2D eigenvalue weighted by Gasteiger charge is -2.13. The Hall–Kier alpha value is -2.51. The largest absolute Gasteiger partial charge is 0.416 e. The maximum absolute atomic E-state index is 12.4. The molecular weight excluding hydrogens is 285 g/mol. The quantitative estimate of drug-likeness (QED) is 0.813. The molecule has 112 valence electrons. The van der Waals surface area contributed by atoms with E-state index in [0.717, 1.165) is 17.7 Å². The minimum absolute atomic E-state index is 0.278. The molecule has 2 rings (SSSR count). The van der Waals surface area contributed by atoms with Gasteiger partial charge in [0.1, 0.15) is 0 Å². The zero-order chi connectivity index (χ0) is 15.5. The second-order valence-corrected chi connectivity index (χ2v) is 4.43. The molecule has 8 heteroatoms. The number of carbonyl (C=O) groups is 1. The fraction of sp³-hybridized carbons (Fsp3) is 0.231. The number of H-pyrrole nitrogens is 1. The summed E-state index contributed by atoms with van der Waals surface area (Å²) in [6, 6.07) is 3.43. The molecule has 2 amide bonds. The first-order valence-electron chi connectivity index (χ1n) is 6.09. The van der Waals surface area contributed by atoms with E-state index in [1.165, 1.54) is 12.1 Å². The number of rotatable bonds is 3. The van der Waals surface area contributed by atoms with Gasteiger partial charge in [0, 0.05) is 17.4 Å². The predicted molar refractivity (Wildman–Crippen MR) is 70.6 cm³/mol. The van der Waals surface area contributed by atoms with E-state index in [-0.39, 0.29) is 11.7 Å². The molecule has 1 aromatic carbocycles. The average Bonchev–Trinajstić information content (AvgIpc) is 2.92. The Labute approximate surface area is 118 Å². The summed E-state index contributed by atoms with van der Waals surface area (Å²) >= 11 is 0. The van der Waals surface area contributed by atoms with Crippen molar-refractivity contribution in [3.63, 3.8) is 0 Å². The van der Waals surface area contributed by atoms with Gasteiger partial charge < -0.3 is 10.6 Å². The third-order valence-corrected chi connectivity index (χ3v) is 2.84. The molecule has 0 bridgehead atoms. The summed E-state index contributed by atoms with van der Waals surface area (Å²) in [6.07, 6.45) is -1.18. The van der Waals surface area contributed by atoms with E-state index in [4.69, 9.17) is 0 Å². The lowest BCUT2D eigenvalue weighted by molar-refractivity contribution is -0.137. The summed E-state index contributed by atoms with van der Waals surface area (Å²) in [6.45, 7) is 1.76. The van der Waals surface area contributed by atoms with Gasteiger partial charge in [-0.1, -0.05) is 0 Å². The monoisotopic (exact) mass is 298 g/mol. The summed E-state index contributed by atoms with van der Waals surface area (Å²) < 4.78 is 37.2. The van der Waals surface area contributed by atoms with Gasteiger partial charge in [-0.25, -0.2) is 4.79 Å². The molecule has 2 aromatic rings. The maximum atomic E-state index is 12.4. The number of aromatic amines is 1. The van der Waals surface area contributed by atoms with E-state index in [1.807, 2.05) is 0 Å². The van der Waals surface area contributed by atoms with Crippen LogP contribution in [0.15, 0.2) is 36.7 Å². The zero-order valence-electron chi connectivity index (χ0n) is 11.0. The molecule has 5 nitrogen and oxygen atoms in total. The van der Waals surface area contributed by atoms with Crippen molar-refractivity contribution in [2.24, 2.45) is 0 Å². The van der Waals surface area contributed by atoms with Gasteiger partial charge >= 0.3 is 12.2 Å². The highest BCUT2D eigenvalue weighted by Crippen LogP contribution is 2.29. The van der Waals surface area contributed by atoms with Gasteiger partial charge in [-0.15, -0.1) is 0 Å². The number of halogens is 3. The number of alkyl halides is 3. The van der Waals surface area contributed by atoms with Crippen LogP contribution >= 0.6 is 0 Å². The standard InChI is InChI=1S/C13H13F3N4O/c1-8(9-6-17-18-7-9)19-12(21)20-11-4-2-10(3-5-11)13(14,15)16/h2-8H,1H3,(H,17,18)(H2,19,20,21). The van der Waals surface area contributed by atoms with Gasteiger partial charge in [-0.2, -0.15) is 18.3 Å². The van der Waals surface area contributed by atoms with E-state index < -0.39 is 17.8 Å². The Kier molecular flexibility index (Phi) is 4.15. The van der Waals surface area contributed by atoms with Gasteiger partial charge in [-0.05, 0) is 31.2 Å². The SMILES string of the molecule is CC(NC(=O)Nc1ccc(C(F)(F)F)cc1)c1cn[nH]c1. The number of benzene rings is 1. The molecule has 1 unspecified atom stereocenters. The molecular formula is C13H13F3N4O. The smallest absolute Gasteiger partial charge is 0.331 e. The van der Waals surface area contributed by atoms with Crippen LogP contribution in [0.2, 0.25) is 0 Å². The van der Waals surface area contributed by atoms with Crippen LogP contribution in [0.4, 0.5) is 23.7 Å². The molecule has 3 N–H and O–H groups in total. The van der Waals surface area contributed by atoms with Gasteiger partial charge in [0.2, 0.25) is 0 Å². The highest BCUT2D eigenvalue weighted by Gasteiger charge is 2.29. The van der Waals surface area contributed by atoms with Crippen molar-refractivity contribution >= 4 is 11.7 Å². The molecule has 0 radical (unpaired) electrons. The molecule has 0 aliphatic heterocycles. The summed E-state index contributed by atoms with van der Waals surface area (Å²) in [5.74, 6) is 0. The van der Waals surface area contributed by atoms with Crippen LogP contribution in [-0.4, -0.2) is 16.2 Å². The Balaban J connectivity index is 1.94. The zero-order valence-corrected chi connectivity index (χ0v) is 11.0. The molecule has 0 aliphatic carbocycles. The lowest BCUT2D eigenvalue weighted by atomic mass is 10.2. The van der Waals surface area contributed by atoms with Gasteiger partial charge in [0.15, 0.2) is 0 Å². The van der Waals surface area contributed by atoms with Gasteiger partial charge in [0.25, 0.3) is 0 Å². The number of hydrogen-bond acceptors (Lipinski definition) is 2. The number of nitrogens with zero attached hydrogens (tertiary/aromatic N) is 1. The van der Waals surface area contributed by atoms with E-state index in [1.54, 1.807) is 19.3 Å². The van der Waals surface area contributed by atoms with Crippen molar-refractivity contribution in [1.82, 2.24) is 15.5 Å². The fourth-order valence-electron chi connectivity index (χ4n) is 1.69. The Morgan fingerprint density at radius 1 is 1.29 bits per heavy atom. The molecule has 1 heterocycles. The molecule has 0 saturated heterocycles. The average molecular weight is 298 g/mol. The fourth-order valence-corrected chi connectivity index (χ4v) is 1.69. The maximum Gasteiger partial charge on any atom is 0.416 e. The van der Waals surface area contributed by atoms with Crippen LogP contribution in [0.1, 0.15) is 24.1 Å². The van der Waals surface area contributed by atoms with Gasteiger partial charge in [-0.3, -0.25) is 5.10 Å². The lowest BCUT2D eigenvalue weighted by Crippen LogP contribution is -2.31. The Morgan fingerprint density at radius 2 is 1.95 bits per heavy atom. The summed E-state index contributed by atoms with van der Waals surface area (Å²) in [7, 11) is 0. The van der Waals surface area contributed by atoms with Crippen LogP contribution in [-0.2, 0) is 6.18 Å². The van der Waals surface area contributed by atoms with Crippen molar-refractivity contribution in [1.29, 1.82) is 0 Å². The van der Waals surface area contributed by atoms with Crippen LogP contribution in [0.5, 0.6) is 0 Å². The summed E-state index contributed by atoms with van der Waals surface area (Å²) in [4.78, 5) is 11.7. The number of amides is 2. The number of carbonyl (C=O) groups excluding carboxylic acids is 1. The highest BCUT2D eigenvalue weighted by molar-refractivity contribution is 5.89. The highest BCUT2D eigenvalue weighted by atomic mass is 19.4. The molecule has 0 aliphatic rings. The van der Waals surface area contributed by atoms with Crippen LogP contribution in [0, 0.1) is 0 Å². The first-order chi connectivity index (χ1) is 9.86. The molecule has 21 heavy (non-hydrogen) atoms. The third-order valence-electron chi connectivity index (χ3n) is 2.84. The van der Waals surface area contributed by atoms with Crippen LogP contribution < -0.4 is 10.6 Å². The van der Waals surface area contributed by atoms with E-state index in [0.29, 0.717) is 0 Å². The van der Waals surface area contributed by atoms with E-state index in [2.05, 4.69) is 20.8 Å². The first-order valence-corrected chi connectivity index (χ1v) is 6.09. The van der Waals surface area contributed by atoms with Crippen molar-refractivity contribution in [3.8, 4) is 0 Å². The third kappa shape index (κ3) is 3.98. The topological polar surface area (TPSA) is 69.8 Å². The molecule has 0 fully saturated rings. The predicted octanol–water partition coefficient (Wildman–Crippen LogP) is 3.31. The minimum atomic E-state index is -4.39. The molecule has 1 aromatic heterocycles.